The van der Waals surface area contributed by atoms with Crippen LogP contribution in [0.2, 0.25) is 0 Å². The quantitative estimate of drug-likeness (QED) is 0.905. The maximum atomic E-state index is 12.0. The molecule has 0 aromatic carbocycles. The second-order valence-electron chi connectivity index (χ2n) is 6.65. The summed E-state index contributed by atoms with van der Waals surface area (Å²) in [4.78, 5) is 24.7. The summed E-state index contributed by atoms with van der Waals surface area (Å²) < 4.78 is 6.92. The molecule has 0 atom stereocenters. The third-order valence-electron chi connectivity index (χ3n) is 3.54. The number of aryl methyl sites for hydroxylation is 1. The van der Waals surface area contributed by atoms with E-state index in [1.807, 2.05) is 26.8 Å². The van der Waals surface area contributed by atoms with Crippen molar-refractivity contribution in [2.75, 3.05) is 13.1 Å². The Balaban J connectivity index is 1.99. The van der Waals surface area contributed by atoms with Crippen LogP contribution in [-0.4, -0.2) is 50.5 Å². The van der Waals surface area contributed by atoms with Gasteiger partial charge >= 0.3 is 12.1 Å². The summed E-state index contributed by atoms with van der Waals surface area (Å²) in [5.41, 5.74) is 1.47. The van der Waals surface area contributed by atoms with Gasteiger partial charge in [0.05, 0.1) is 5.69 Å². The summed E-state index contributed by atoms with van der Waals surface area (Å²) in [5, 5.41) is 12.9. The molecule has 0 spiro atoms. The molecule has 1 aromatic rings. The second kappa shape index (κ2) is 6.44. The number of likely N-dealkylation sites (tertiary alicyclic amines) is 1. The third-order valence-corrected chi connectivity index (χ3v) is 3.54. The van der Waals surface area contributed by atoms with Gasteiger partial charge in [0, 0.05) is 20.1 Å². The summed E-state index contributed by atoms with van der Waals surface area (Å²) in [7, 11) is 1.72. The highest BCUT2D eigenvalue weighted by atomic mass is 16.6. The lowest BCUT2D eigenvalue weighted by atomic mass is 10.0. The van der Waals surface area contributed by atoms with Crippen LogP contribution in [0.15, 0.2) is 11.6 Å². The number of hydrogen-bond donors (Lipinski definition) is 1. The molecule has 0 saturated carbocycles. The van der Waals surface area contributed by atoms with E-state index in [-0.39, 0.29) is 11.8 Å². The average Bonchev–Trinajstić information content (AvgIpc) is 2.79. The Morgan fingerprint density at radius 1 is 1.30 bits per heavy atom. The van der Waals surface area contributed by atoms with Crippen molar-refractivity contribution in [2.45, 2.75) is 39.2 Å². The Morgan fingerprint density at radius 2 is 1.91 bits per heavy atom. The van der Waals surface area contributed by atoms with Crippen LogP contribution < -0.4 is 0 Å². The minimum Gasteiger partial charge on any atom is -0.476 e. The zero-order chi connectivity index (χ0) is 17.2. The molecule has 1 N–H and O–H groups in total. The number of carboxylic acid groups (broad SMARTS) is 1. The summed E-state index contributed by atoms with van der Waals surface area (Å²) in [6, 6.07) is 1.55. The molecule has 0 aliphatic carbocycles. The van der Waals surface area contributed by atoms with Gasteiger partial charge < -0.3 is 14.7 Å². The lowest BCUT2D eigenvalue weighted by Crippen LogP contribution is -2.40. The number of carbonyl (C=O) groups is 2. The molecule has 2 rings (SSSR count). The average molecular weight is 321 g/mol. The Kier molecular flexibility index (Phi) is 4.77. The van der Waals surface area contributed by atoms with Crippen molar-refractivity contribution < 1.29 is 19.4 Å². The van der Waals surface area contributed by atoms with Gasteiger partial charge in [0.1, 0.15) is 5.60 Å². The summed E-state index contributed by atoms with van der Waals surface area (Å²) in [6.45, 7) is 6.75. The normalized spacial score (nSPS) is 15.5. The zero-order valence-electron chi connectivity index (χ0n) is 14.0. The van der Waals surface area contributed by atoms with Crippen LogP contribution in [0.1, 0.15) is 49.8 Å². The molecule has 1 amide bonds. The number of hydrogen-bond acceptors (Lipinski definition) is 4. The molecule has 1 aromatic heterocycles. The van der Waals surface area contributed by atoms with Gasteiger partial charge in [-0.2, -0.15) is 5.10 Å². The van der Waals surface area contributed by atoms with E-state index in [4.69, 9.17) is 9.84 Å². The zero-order valence-corrected chi connectivity index (χ0v) is 14.0. The van der Waals surface area contributed by atoms with Crippen molar-refractivity contribution in [2.24, 2.45) is 7.05 Å². The molecule has 7 nitrogen and oxygen atoms in total. The molecule has 1 saturated heterocycles. The van der Waals surface area contributed by atoms with Gasteiger partial charge in [0.2, 0.25) is 0 Å². The fraction of sp³-hybridized carbons (Fsp3) is 0.562. The van der Waals surface area contributed by atoms with E-state index >= 15 is 0 Å². The van der Waals surface area contributed by atoms with Gasteiger partial charge in [0.25, 0.3) is 0 Å². The molecular formula is C16H23N3O4. The van der Waals surface area contributed by atoms with E-state index in [1.165, 1.54) is 5.57 Å². The van der Waals surface area contributed by atoms with Gasteiger partial charge in [-0.25, -0.2) is 9.59 Å². The summed E-state index contributed by atoms with van der Waals surface area (Å²) in [5.74, 6) is -1.04. The predicted molar refractivity (Wildman–Crippen MR) is 85.2 cm³/mol. The van der Waals surface area contributed by atoms with Crippen LogP contribution in [-0.2, 0) is 11.8 Å². The van der Waals surface area contributed by atoms with Crippen molar-refractivity contribution in [3.05, 3.63) is 23.0 Å². The monoisotopic (exact) mass is 321 g/mol. The van der Waals surface area contributed by atoms with Crippen molar-refractivity contribution in [1.29, 1.82) is 0 Å². The predicted octanol–water partition coefficient (Wildman–Crippen LogP) is 2.53. The number of aromatic nitrogens is 2. The highest BCUT2D eigenvalue weighted by Crippen LogP contribution is 2.21. The fourth-order valence-electron chi connectivity index (χ4n) is 2.38. The maximum absolute atomic E-state index is 12.0. The van der Waals surface area contributed by atoms with Crippen molar-refractivity contribution in [3.8, 4) is 0 Å². The SMILES string of the molecule is Cn1nc(C(=O)O)cc1C=C1CCN(C(=O)OC(C)(C)C)CC1. The molecule has 0 bridgehead atoms. The van der Waals surface area contributed by atoms with Crippen molar-refractivity contribution in [3.63, 3.8) is 0 Å². The van der Waals surface area contributed by atoms with Gasteiger partial charge in [-0.1, -0.05) is 5.57 Å². The number of ether oxygens (including phenoxy) is 1. The van der Waals surface area contributed by atoms with Crippen LogP contribution in [0.25, 0.3) is 6.08 Å². The second-order valence-corrected chi connectivity index (χ2v) is 6.65. The van der Waals surface area contributed by atoms with E-state index in [9.17, 15) is 9.59 Å². The van der Waals surface area contributed by atoms with Crippen molar-refractivity contribution >= 4 is 18.1 Å². The van der Waals surface area contributed by atoms with Gasteiger partial charge in [-0.3, -0.25) is 4.68 Å². The summed E-state index contributed by atoms with van der Waals surface area (Å²) in [6.07, 6.45) is 3.15. The molecule has 1 fully saturated rings. The van der Waals surface area contributed by atoms with Crippen LogP contribution in [0.3, 0.4) is 0 Å². The molecule has 1 aliphatic heterocycles. The standard InChI is InChI=1S/C16H23N3O4/c1-16(2,3)23-15(22)19-7-5-11(6-8-19)9-12-10-13(14(20)21)17-18(12)4/h9-10H,5-8H2,1-4H3,(H,20,21). The van der Waals surface area contributed by atoms with Crippen LogP contribution in [0.5, 0.6) is 0 Å². The fourth-order valence-corrected chi connectivity index (χ4v) is 2.38. The molecular weight excluding hydrogens is 298 g/mol. The number of rotatable bonds is 2. The number of aromatic carboxylic acids is 1. The molecule has 23 heavy (non-hydrogen) atoms. The van der Waals surface area contributed by atoms with E-state index in [1.54, 1.807) is 22.7 Å². The van der Waals surface area contributed by atoms with Gasteiger partial charge in [-0.15, -0.1) is 0 Å². The van der Waals surface area contributed by atoms with Gasteiger partial charge in [-0.05, 0) is 45.8 Å². The van der Waals surface area contributed by atoms with E-state index in [0.717, 1.165) is 18.5 Å². The Bertz CT molecular complexity index is 630. The highest BCUT2D eigenvalue weighted by molar-refractivity contribution is 5.86. The van der Waals surface area contributed by atoms with Crippen LogP contribution >= 0.6 is 0 Å². The molecule has 0 radical (unpaired) electrons. The number of carboxylic acids is 1. The molecule has 0 unspecified atom stereocenters. The first-order chi connectivity index (χ1) is 10.7. The maximum Gasteiger partial charge on any atom is 0.410 e. The first-order valence-electron chi connectivity index (χ1n) is 7.60. The third kappa shape index (κ3) is 4.58. The first-order valence-corrected chi connectivity index (χ1v) is 7.60. The number of nitrogens with zero attached hydrogens (tertiary/aromatic N) is 3. The van der Waals surface area contributed by atoms with E-state index < -0.39 is 11.6 Å². The highest BCUT2D eigenvalue weighted by Gasteiger charge is 2.24. The van der Waals surface area contributed by atoms with E-state index in [2.05, 4.69) is 5.10 Å². The molecule has 2 heterocycles. The molecule has 7 heteroatoms. The van der Waals surface area contributed by atoms with E-state index in [0.29, 0.717) is 13.1 Å². The minimum absolute atomic E-state index is 0.0329. The topological polar surface area (TPSA) is 84.7 Å². The number of carbonyl (C=O) groups excluding carboxylic acids is 1. The molecule has 1 aliphatic rings. The first kappa shape index (κ1) is 17.1. The largest absolute Gasteiger partial charge is 0.476 e. The lowest BCUT2D eigenvalue weighted by molar-refractivity contribution is 0.0236. The Hall–Kier alpha value is -2.31. The lowest BCUT2D eigenvalue weighted by Gasteiger charge is -2.31. The number of piperidine rings is 1. The molecule has 126 valence electrons. The van der Waals surface area contributed by atoms with Crippen molar-refractivity contribution in [1.82, 2.24) is 14.7 Å². The minimum atomic E-state index is -1.04. The number of amides is 1. The summed E-state index contributed by atoms with van der Waals surface area (Å²) >= 11 is 0. The Morgan fingerprint density at radius 3 is 2.39 bits per heavy atom. The van der Waals surface area contributed by atoms with Crippen LogP contribution in [0, 0.1) is 0 Å². The smallest absolute Gasteiger partial charge is 0.410 e. The van der Waals surface area contributed by atoms with Gasteiger partial charge in [0.15, 0.2) is 5.69 Å². The Labute approximate surface area is 135 Å². The van der Waals surface area contributed by atoms with Crippen LogP contribution in [0.4, 0.5) is 4.79 Å².